The average molecular weight is 410 g/mol. The van der Waals surface area contributed by atoms with Crippen molar-refractivity contribution in [3.8, 4) is 5.75 Å². The number of aromatic nitrogens is 3. The van der Waals surface area contributed by atoms with Gasteiger partial charge in [0.1, 0.15) is 12.1 Å². The molecule has 3 atom stereocenters. The van der Waals surface area contributed by atoms with Crippen molar-refractivity contribution < 1.29 is 9.53 Å². The van der Waals surface area contributed by atoms with Gasteiger partial charge >= 0.3 is 0 Å². The molecule has 1 aliphatic heterocycles. The van der Waals surface area contributed by atoms with Crippen molar-refractivity contribution in [3.05, 3.63) is 60.4 Å². The number of rotatable bonds is 5. The molecule has 0 radical (unpaired) electrons. The molecule has 0 aliphatic carbocycles. The number of methoxy groups -OCH3 is 1. The van der Waals surface area contributed by atoms with Gasteiger partial charge in [0.15, 0.2) is 0 Å². The van der Waals surface area contributed by atoms with Crippen LogP contribution in [-0.2, 0) is 4.79 Å². The number of benzene rings is 2. The minimum atomic E-state index is -0.394. The molecule has 1 aliphatic rings. The van der Waals surface area contributed by atoms with E-state index in [1.54, 1.807) is 23.6 Å². The normalized spacial score (nSPS) is 20.4. The molecule has 0 saturated carbocycles. The van der Waals surface area contributed by atoms with Crippen LogP contribution in [-0.4, -0.2) is 40.1 Å². The van der Waals surface area contributed by atoms with Crippen LogP contribution < -0.4 is 15.4 Å². The number of thioether (sulfide) groups is 1. The second-order valence-corrected chi connectivity index (χ2v) is 7.77. The van der Waals surface area contributed by atoms with Crippen LogP contribution in [0.4, 0.5) is 11.6 Å². The zero-order chi connectivity index (χ0) is 20.4. The minimum absolute atomic E-state index is 0.102. The van der Waals surface area contributed by atoms with Gasteiger partial charge in [-0.15, -0.1) is 11.8 Å². The van der Waals surface area contributed by atoms with E-state index in [1.807, 2.05) is 37.4 Å². The lowest BCUT2D eigenvalue weighted by molar-refractivity contribution is -0.121. The zero-order valence-corrected chi connectivity index (χ0v) is 17.3. The molecule has 2 heterocycles. The summed E-state index contributed by atoms with van der Waals surface area (Å²) in [6.45, 7) is 1.99. The number of hydrogen-bond acceptors (Lipinski definition) is 6. The average Bonchev–Trinajstić information content (AvgIpc) is 3.21. The smallest absolute Gasteiger partial charge is 0.232 e. The lowest BCUT2D eigenvalue weighted by atomic mass is 9.85. The zero-order valence-electron chi connectivity index (χ0n) is 16.5. The third-order valence-corrected chi connectivity index (χ3v) is 5.94. The molecular formula is C21H23N5O2S. The van der Waals surface area contributed by atoms with Gasteiger partial charge in [-0.1, -0.05) is 24.3 Å². The standard InChI is InChI=1S/C21H23N5O2S/c1-13-18(20(27)25-16-6-4-5-7-17(16)28-2)19(26-21(24-13)22-12-23-26)14-8-10-15(29-3)11-9-14/h4-13,18-19H,1-3H3,(H,25,27)(H,22,23,24)/t13-,18+,19+/m0/s1. The molecule has 150 valence electrons. The summed E-state index contributed by atoms with van der Waals surface area (Å²) >= 11 is 1.68. The summed E-state index contributed by atoms with van der Waals surface area (Å²) in [5.41, 5.74) is 1.66. The Morgan fingerprint density at radius 1 is 1.21 bits per heavy atom. The Hall–Kier alpha value is -3.00. The van der Waals surface area contributed by atoms with Gasteiger partial charge in [0.05, 0.1) is 24.8 Å². The number of nitrogens with zero attached hydrogens (tertiary/aromatic N) is 3. The predicted molar refractivity (Wildman–Crippen MR) is 115 cm³/mol. The molecule has 0 saturated heterocycles. The number of fused-ring (bicyclic) bond motifs is 1. The summed E-state index contributed by atoms with van der Waals surface area (Å²) in [6.07, 6.45) is 3.56. The number of ether oxygens (including phenoxy) is 1. The molecule has 8 heteroatoms. The van der Waals surface area contributed by atoms with E-state index in [4.69, 9.17) is 4.74 Å². The molecule has 1 aromatic heterocycles. The number of para-hydroxylation sites is 2. The van der Waals surface area contributed by atoms with Gasteiger partial charge in [0.2, 0.25) is 11.9 Å². The summed E-state index contributed by atoms with van der Waals surface area (Å²) < 4.78 is 7.17. The summed E-state index contributed by atoms with van der Waals surface area (Å²) in [4.78, 5) is 18.9. The maximum Gasteiger partial charge on any atom is 0.232 e. The van der Waals surface area contributed by atoms with Crippen molar-refractivity contribution in [2.75, 3.05) is 24.0 Å². The highest BCUT2D eigenvalue weighted by atomic mass is 32.2. The fraction of sp³-hybridized carbons (Fsp3) is 0.286. The van der Waals surface area contributed by atoms with Gasteiger partial charge in [-0.05, 0) is 43.0 Å². The highest BCUT2D eigenvalue weighted by molar-refractivity contribution is 7.98. The second-order valence-electron chi connectivity index (χ2n) is 6.89. The Kier molecular flexibility index (Phi) is 5.44. The van der Waals surface area contributed by atoms with Crippen molar-refractivity contribution in [3.63, 3.8) is 0 Å². The number of carbonyl (C=O) groups is 1. The number of anilines is 2. The van der Waals surface area contributed by atoms with E-state index in [-0.39, 0.29) is 18.0 Å². The maximum absolute atomic E-state index is 13.4. The monoisotopic (exact) mass is 409 g/mol. The topological polar surface area (TPSA) is 81.1 Å². The highest BCUT2D eigenvalue weighted by Crippen LogP contribution is 2.37. The minimum Gasteiger partial charge on any atom is -0.495 e. The molecule has 4 rings (SSSR count). The lowest BCUT2D eigenvalue weighted by Crippen LogP contribution is -2.46. The molecule has 0 unspecified atom stereocenters. The SMILES string of the molecule is COc1ccccc1NC(=O)[C@@H]1[C@H](C)Nc2ncnn2[C@@H]1c1ccc(SC)cc1. The van der Waals surface area contributed by atoms with E-state index in [0.29, 0.717) is 17.4 Å². The van der Waals surface area contributed by atoms with Crippen molar-refractivity contribution in [1.29, 1.82) is 0 Å². The van der Waals surface area contributed by atoms with Crippen LogP contribution in [0.25, 0.3) is 0 Å². The largest absolute Gasteiger partial charge is 0.495 e. The van der Waals surface area contributed by atoms with E-state index < -0.39 is 5.92 Å². The number of nitrogens with one attached hydrogen (secondary N) is 2. The van der Waals surface area contributed by atoms with E-state index >= 15 is 0 Å². The van der Waals surface area contributed by atoms with Gasteiger partial charge in [-0.25, -0.2) is 4.68 Å². The van der Waals surface area contributed by atoms with E-state index in [9.17, 15) is 4.79 Å². The Labute approximate surface area is 173 Å². The molecule has 2 N–H and O–H groups in total. The van der Waals surface area contributed by atoms with Crippen molar-refractivity contribution >= 4 is 29.3 Å². The van der Waals surface area contributed by atoms with E-state index in [0.717, 1.165) is 5.56 Å². The van der Waals surface area contributed by atoms with Crippen molar-refractivity contribution in [1.82, 2.24) is 14.8 Å². The fourth-order valence-corrected chi connectivity index (χ4v) is 4.17. The number of carbonyl (C=O) groups excluding carboxylic acids is 1. The number of amides is 1. The Morgan fingerprint density at radius 2 is 1.97 bits per heavy atom. The van der Waals surface area contributed by atoms with Gasteiger partial charge < -0.3 is 15.4 Å². The third kappa shape index (κ3) is 3.67. The Balaban J connectivity index is 1.71. The second kappa shape index (κ2) is 8.16. The summed E-state index contributed by atoms with van der Waals surface area (Å²) in [6, 6.07) is 15.3. The summed E-state index contributed by atoms with van der Waals surface area (Å²) in [5.74, 6) is 0.793. The summed E-state index contributed by atoms with van der Waals surface area (Å²) in [7, 11) is 1.59. The molecule has 0 bridgehead atoms. The third-order valence-electron chi connectivity index (χ3n) is 5.20. The van der Waals surface area contributed by atoms with Gasteiger partial charge in [-0.2, -0.15) is 10.1 Å². The van der Waals surface area contributed by atoms with Crippen LogP contribution in [0.2, 0.25) is 0 Å². The fourth-order valence-electron chi connectivity index (χ4n) is 3.76. The molecular weight excluding hydrogens is 386 g/mol. The van der Waals surface area contributed by atoms with Gasteiger partial charge in [0, 0.05) is 10.9 Å². The first-order valence-corrected chi connectivity index (χ1v) is 10.6. The van der Waals surface area contributed by atoms with Gasteiger partial charge in [-0.3, -0.25) is 4.79 Å². The first kappa shape index (κ1) is 19.3. The first-order valence-electron chi connectivity index (χ1n) is 9.36. The van der Waals surface area contributed by atoms with Crippen molar-refractivity contribution in [2.45, 2.75) is 23.9 Å². The molecule has 29 heavy (non-hydrogen) atoms. The maximum atomic E-state index is 13.4. The van der Waals surface area contributed by atoms with E-state index in [1.165, 1.54) is 11.2 Å². The van der Waals surface area contributed by atoms with Crippen LogP contribution in [0, 0.1) is 5.92 Å². The van der Waals surface area contributed by atoms with Crippen LogP contribution in [0.5, 0.6) is 5.75 Å². The van der Waals surface area contributed by atoms with Crippen LogP contribution in [0.1, 0.15) is 18.5 Å². The molecule has 0 fully saturated rings. The molecule has 1 amide bonds. The first-order chi connectivity index (χ1) is 14.1. The van der Waals surface area contributed by atoms with Crippen LogP contribution >= 0.6 is 11.8 Å². The predicted octanol–water partition coefficient (Wildman–Crippen LogP) is 3.67. The Morgan fingerprint density at radius 3 is 2.69 bits per heavy atom. The molecule has 3 aromatic rings. The molecule has 7 nitrogen and oxygen atoms in total. The van der Waals surface area contributed by atoms with Crippen LogP contribution in [0.3, 0.4) is 0 Å². The quantitative estimate of drug-likeness (QED) is 0.626. The van der Waals surface area contributed by atoms with E-state index in [2.05, 4.69) is 45.0 Å². The lowest BCUT2D eigenvalue weighted by Gasteiger charge is -2.37. The highest BCUT2D eigenvalue weighted by Gasteiger charge is 2.41. The molecule has 0 spiro atoms. The summed E-state index contributed by atoms with van der Waals surface area (Å²) in [5, 5.41) is 10.7. The Bertz CT molecular complexity index is 1000. The van der Waals surface area contributed by atoms with Gasteiger partial charge in [0.25, 0.3) is 0 Å². The van der Waals surface area contributed by atoms with Crippen molar-refractivity contribution in [2.24, 2.45) is 5.92 Å². The number of hydrogen-bond donors (Lipinski definition) is 2. The van der Waals surface area contributed by atoms with Crippen LogP contribution in [0.15, 0.2) is 59.8 Å². The molecule has 2 aromatic carbocycles.